The van der Waals surface area contributed by atoms with Crippen LogP contribution < -0.4 is 10.1 Å². The molecule has 0 radical (unpaired) electrons. The van der Waals surface area contributed by atoms with Gasteiger partial charge in [0, 0.05) is 28.8 Å². The van der Waals surface area contributed by atoms with Crippen LogP contribution in [-0.4, -0.2) is 41.2 Å². The van der Waals surface area contributed by atoms with E-state index in [1.54, 1.807) is 13.0 Å². The Morgan fingerprint density at radius 1 is 1.43 bits per heavy atom. The van der Waals surface area contributed by atoms with Crippen molar-refractivity contribution in [2.45, 2.75) is 11.8 Å². The highest BCUT2D eigenvalue weighted by atomic mass is 79.9. The fraction of sp³-hybridized carbons (Fsp3) is 0.417. The Kier molecular flexibility index (Phi) is 6.92. The topological polar surface area (TPSA) is 81.7 Å². The predicted octanol–water partition coefficient (Wildman–Crippen LogP) is 1.83. The number of amides is 1. The Labute approximate surface area is 136 Å². The molecule has 118 valence electrons. The minimum absolute atomic E-state index is 0.0649. The second kappa shape index (κ2) is 7.98. The van der Waals surface area contributed by atoms with E-state index in [1.165, 1.54) is 13.2 Å². The molecule has 0 aliphatic heterocycles. The SMILES string of the molecule is COCCNC(=O)COc1c(C)cc(Br)cc1S(=O)(=O)Cl. The fourth-order valence-electron chi connectivity index (χ4n) is 1.55. The third-order valence-electron chi connectivity index (χ3n) is 2.44. The number of rotatable bonds is 7. The number of aryl methyl sites for hydroxylation is 1. The number of carbonyl (C=O) groups is 1. The lowest BCUT2D eigenvalue weighted by molar-refractivity contribution is -0.123. The minimum atomic E-state index is -3.98. The maximum atomic E-state index is 11.6. The van der Waals surface area contributed by atoms with Gasteiger partial charge in [0.2, 0.25) is 0 Å². The number of carbonyl (C=O) groups excluding carboxylic acids is 1. The van der Waals surface area contributed by atoms with Crippen LogP contribution in [0.3, 0.4) is 0 Å². The number of hydrogen-bond acceptors (Lipinski definition) is 5. The van der Waals surface area contributed by atoms with Gasteiger partial charge in [-0.05, 0) is 24.6 Å². The van der Waals surface area contributed by atoms with Crippen molar-refractivity contribution in [3.8, 4) is 5.75 Å². The Morgan fingerprint density at radius 3 is 2.67 bits per heavy atom. The zero-order chi connectivity index (χ0) is 16.0. The summed E-state index contributed by atoms with van der Waals surface area (Å²) in [5.74, 6) is -0.317. The van der Waals surface area contributed by atoms with Crippen molar-refractivity contribution in [2.24, 2.45) is 0 Å². The van der Waals surface area contributed by atoms with Gasteiger partial charge in [-0.3, -0.25) is 4.79 Å². The van der Waals surface area contributed by atoms with Crippen molar-refractivity contribution in [1.29, 1.82) is 0 Å². The largest absolute Gasteiger partial charge is 0.482 e. The molecule has 0 aromatic heterocycles. The first-order valence-corrected chi connectivity index (χ1v) is 8.99. The highest BCUT2D eigenvalue weighted by molar-refractivity contribution is 9.10. The number of halogens is 2. The quantitative estimate of drug-likeness (QED) is 0.558. The molecule has 0 aliphatic carbocycles. The molecular formula is C12H15BrClNO5S. The van der Waals surface area contributed by atoms with E-state index in [9.17, 15) is 13.2 Å². The lowest BCUT2D eigenvalue weighted by Crippen LogP contribution is -2.31. The van der Waals surface area contributed by atoms with Crippen LogP contribution in [0.1, 0.15) is 5.56 Å². The van der Waals surface area contributed by atoms with E-state index in [0.717, 1.165) is 0 Å². The molecular weight excluding hydrogens is 386 g/mol. The first-order valence-electron chi connectivity index (χ1n) is 5.89. The van der Waals surface area contributed by atoms with Crippen LogP contribution >= 0.6 is 26.6 Å². The summed E-state index contributed by atoms with van der Waals surface area (Å²) in [6.45, 7) is 2.07. The molecule has 1 N–H and O–H groups in total. The highest BCUT2D eigenvalue weighted by Crippen LogP contribution is 2.33. The van der Waals surface area contributed by atoms with Gasteiger partial charge in [0.15, 0.2) is 6.61 Å². The van der Waals surface area contributed by atoms with Crippen LogP contribution in [0.15, 0.2) is 21.5 Å². The summed E-state index contributed by atoms with van der Waals surface area (Å²) in [6.07, 6.45) is 0. The molecule has 9 heteroatoms. The van der Waals surface area contributed by atoms with Crippen molar-refractivity contribution in [3.05, 3.63) is 22.2 Å². The summed E-state index contributed by atoms with van der Waals surface area (Å²) >= 11 is 3.19. The van der Waals surface area contributed by atoms with Crippen LogP contribution in [0.25, 0.3) is 0 Å². The molecule has 0 saturated heterocycles. The van der Waals surface area contributed by atoms with Crippen LogP contribution in [0.2, 0.25) is 0 Å². The molecule has 21 heavy (non-hydrogen) atoms. The van der Waals surface area contributed by atoms with Gasteiger partial charge in [0.05, 0.1) is 6.61 Å². The highest BCUT2D eigenvalue weighted by Gasteiger charge is 2.20. The molecule has 0 heterocycles. The van der Waals surface area contributed by atoms with Gasteiger partial charge in [0.1, 0.15) is 10.6 Å². The third-order valence-corrected chi connectivity index (χ3v) is 4.23. The first kappa shape index (κ1) is 18.2. The van der Waals surface area contributed by atoms with Gasteiger partial charge in [-0.1, -0.05) is 15.9 Å². The Bertz CT molecular complexity index is 620. The monoisotopic (exact) mass is 399 g/mol. The lowest BCUT2D eigenvalue weighted by Gasteiger charge is -2.13. The van der Waals surface area contributed by atoms with E-state index in [-0.39, 0.29) is 23.2 Å². The normalized spacial score (nSPS) is 11.2. The van der Waals surface area contributed by atoms with E-state index >= 15 is 0 Å². The van der Waals surface area contributed by atoms with Crippen LogP contribution in [0.5, 0.6) is 5.75 Å². The average molecular weight is 401 g/mol. The molecule has 0 aliphatic rings. The van der Waals surface area contributed by atoms with E-state index in [4.69, 9.17) is 20.2 Å². The lowest BCUT2D eigenvalue weighted by atomic mass is 10.2. The van der Waals surface area contributed by atoms with Crippen molar-refractivity contribution in [3.63, 3.8) is 0 Å². The molecule has 0 saturated carbocycles. The van der Waals surface area contributed by atoms with Gasteiger partial charge in [0.25, 0.3) is 15.0 Å². The number of methoxy groups -OCH3 is 1. The van der Waals surface area contributed by atoms with Crippen molar-refractivity contribution < 1.29 is 22.7 Å². The van der Waals surface area contributed by atoms with Crippen LogP contribution in [-0.2, 0) is 18.6 Å². The van der Waals surface area contributed by atoms with Crippen LogP contribution in [0.4, 0.5) is 0 Å². The smallest absolute Gasteiger partial charge is 0.265 e. The summed E-state index contributed by atoms with van der Waals surface area (Å²) in [5.41, 5.74) is 0.549. The van der Waals surface area contributed by atoms with E-state index < -0.39 is 9.05 Å². The zero-order valence-corrected chi connectivity index (χ0v) is 14.6. The molecule has 0 spiro atoms. The number of benzene rings is 1. The number of nitrogens with one attached hydrogen (secondary N) is 1. The molecule has 6 nitrogen and oxygen atoms in total. The molecule has 1 rings (SSSR count). The van der Waals surface area contributed by atoms with Gasteiger partial charge < -0.3 is 14.8 Å². The molecule has 0 bridgehead atoms. The van der Waals surface area contributed by atoms with E-state index in [2.05, 4.69) is 21.2 Å². The molecule has 0 atom stereocenters. The maximum Gasteiger partial charge on any atom is 0.265 e. The number of ether oxygens (including phenoxy) is 2. The van der Waals surface area contributed by atoms with Crippen molar-refractivity contribution in [2.75, 3.05) is 26.9 Å². The standard InChI is InChI=1S/C12H15BrClNO5S/c1-8-5-9(13)6-10(21(14,17)18)12(8)20-7-11(16)15-3-4-19-2/h5-6H,3-4,7H2,1-2H3,(H,15,16). The second-order valence-electron chi connectivity index (χ2n) is 4.12. The van der Waals surface area contributed by atoms with Crippen molar-refractivity contribution in [1.82, 2.24) is 5.32 Å². The summed E-state index contributed by atoms with van der Waals surface area (Å²) < 4.78 is 33.8. The summed E-state index contributed by atoms with van der Waals surface area (Å²) in [7, 11) is 2.92. The van der Waals surface area contributed by atoms with Gasteiger partial charge in [-0.25, -0.2) is 8.42 Å². The number of hydrogen-bond donors (Lipinski definition) is 1. The summed E-state index contributed by atoms with van der Waals surface area (Å²) in [5, 5.41) is 2.56. The Hall–Kier alpha value is -0.830. The Morgan fingerprint density at radius 2 is 2.10 bits per heavy atom. The van der Waals surface area contributed by atoms with Gasteiger partial charge >= 0.3 is 0 Å². The van der Waals surface area contributed by atoms with Crippen molar-refractivity contribution >= 4 is 41.6 Å². The van der Waals surface area contributed by atoms with E-state index in [0.29, 0.717) is 23.2 Å². The molecule has 1 aromatic carbocycles. The summed E-state index contributed by atoms with van der Waals surface area (Å²) in [4.78, 5) is 11.4. The predicted molar refractivity (Wildman–Crippen MR) is 82.3 cm³/mol. The minimum Gasteiger partial charge on any atom is -0.482 e. The van der Waals surface area contributed by atoms with Crippen LogP contribution in [0, 0.1) is 6.92 Å². The molecule has 1 amide bonds. The molecule has 1 aromatic rings. The van der Waals surface area contributed by atoms with Gasteiger partial charge in [-0.2, -0.15) is 0 Å². The fourth-order valence-corrected chi connectivity index (χ4v) is 3.32. The summed E-state index contributed by atoms with van der Waals surface area (Å²) in [6, 6.07) is 3.00. The molecule has 0 unspecified atom stereocenters. The first-order chi connectivity index (χ1) is 9.75. The molecule has 0 fully saturated rings. The van der Waals surface area contributed by atoms with E-state index in [1.807, 2.05) is 0 Å². The third kappa shape index (κ3) is 5.82. The zero-order valence-electron chi connectivity index (χ0n) is 11.5. The average Bonchev–Trinajstić information content (AvgIpc) is 2.36. The maximum absolute atomic E-state index is 11.6. The van der Waals surface area contributed by atoms with Gasteiger partial charge in [-0.15, -0.1) is 0 Å². The Balaban J connectivity index is 2.86. The second-order valence-corrected chi connectivity index (χ2v) is 7.57.